The number of aryl methyl sites for hydroxylation is 1. The van der Waals surface area contributed by atoms with Gasteiger partial charge < -0.3 is 9.73 Å². The molecule has 0 amide bonds. The average Bonchev–Trinajstić information content (AvgIpc) is 2.89. The zero-order valence-corrected chi connectivity index (χ0v) is 10.4. The van der Waals surface area contributed by atoms with Crippen LogP contribution in [-0.4, -0.2) is 15.2 Å². The maximum absolute atomic E-state index is 5.59. The van der Waals surface area contributed by atoms with Gasteiger partial charge >= 0.3 is 6.01 Å². The monoisotopic (exact) mass is 252 g/mol. The lowest BCUT2D eigenvalue weighted by atomic mass is 10.1. The molecular formula is C14H12N4O. The molecule has 2 heterocycles. The summed E-state index contributed by atoms with van der Waals surface area (Å²) in [7, 11) is 0. The quantitative estimate of drug-likeness (QED) is 0.775. The summed E-state index contributed by atoms with van der Waals surface area (Å²) in [6, 6.07) is 12.0. The van der Waals surface area contributed by atoms with Crippen molar-refractivity contribution in [1.82, 2.24) is 15.2 Å². The highest BCUT2D eigenvalue weighted by atomic mass is 16.4. The summed E-state index contributed by atoms with van der Waals surface area (Å²) in [4.78, 5) is 4.01. The van der Waals surface area contributed by atoms with Gasteiger partial charge in [-0.25, -0.2) is 0 Å². The smallest absolute Gasteiger partial charge is 0.320 e. The largest absolute Gasteiger partial charge is 0.403 e. The minimum absolute atomic E-state index is 0.353. The first-order chi connectivity index (χ1) is 9.33. The Hall–Kier alpha value is -2.69. The molecule has 5 heteroatoms. The standard InChI is InChI=1S/C14H12N4O/c1-10-5-2-3-7-12(10)13-17-18-14(19-13)16-11-6-4-8-15-9-11/h2-9H,1H3,(H,16,18). The van der Waals surface area contributed by atoms with Crippen LogP contribution in [0.1, 0.15) is 5.56 Å². The van der Waals surface area contributed by atoms with Gasteiger partial charge in [-0.2, -0.15) is 0 Å². The Bertz CT molecular complexity index is 679. The van der Waals surface area contributed by atoms with Crippen LogP contribution in [0.4, 0.5) is 11.7 Å². The van der Waals surface area contributed by atoms with Gasteiger partial charge in [0.05, 0.1) is 11.9 Å². The number of aromatic nitrogens is 3. The molecule has 3 rings (SSSR count). The summed E-state index contributed by atoms with van der Waals surface area (Å²) in [6.45, 7) is 2.01. The third-order valence-electron chi connectivity index (χ3n) is 2.71. The third kappa shape index (κ3) is 2.44. The molecule has 0 atom stereocenters. The number of nitrogens with one attached hydrogen (secondary N) is 1. The van der Waals surface area contributed by atoms with Crippen LogP contribution in [0.25, 0.3) is 11.5 Å². The Labute approximate surface area is 110 Å². The zero-order valence-electron chi connectivity index (χ0n) is 10.4. The number of anilines is 2. The van der Waals surface area contributed by atoms with Crippen molar-refractivity contribution >= 4 is 11.7 Å². The molecule has 0 spiro atoms. The van der Waals surface area contributed by atoms with Gasteiger partial charge in [0.15, 0.2) is 0 Å². The fourth-order valence-corrected chi connectivity index (χ4v) is 1.76. The van der Waals surface area contributed by atoms with Gasteiger partial charge in [0, 0.05) is 11.8 Å². The normalized spacial score (nSPS) is 10.4. The van der Waals surface area contributed by atoms with Crippen molar-refractivity contribution in [3.63, 3.8) is 0 Å². The molecule has 0 radical (unpaired) electrons. The summed E-state index contributed by atoms with van der Waals surface area (Å²) in [5.41, 5.74) is 2.84. The van der Waals surface area contributed by atoms with Gasteiger partial charge in [-0.05, 0) is 30.7 Å². The lowest BCUT2D eigenvalue weighted by Crippen LogP contribution is -1.90. The maximum atomic E-state index is 5.59. The molecule has 19 heavy (non-hydrogen) atoms. The number of nitrogens with zero attached hydrogens (tertiary/aromatic N) is 3. The lowest BCUT2D eigenvalue weighted by Gasteiger charge is -2.00. The van der Waals surface area contributed by atoms with Gasteiger partial charge in [0.25, 0.3) is 0 Å². The highest BCUT2D eigenvalue weighted by Gasteiger charge is 2.10. The summed E-state index contributed by atoms with van der Waals surface area (Å²) in [5, 5.41) is 11.0. The van der Waals surface area contributed by atoms with Crippen LogP contribution in [0, 0.1) is 6.92 Å². The van der Waals surface area contributed by atoms with Crippen molar-refractivity contribution in [1.29, 1.82) is 0 Å². The molecule has 0 aliphatic rings. The molecule has 0 saturated heterocycles. The number of hydrogen-bond acceptors (Lipinski definition) is 5. The van der Waals surface area contributed by atoms with Gasteiger partial charge in [0.1, 0.15) is 0 Å². The van der Waals surface area contributed by atoms with Gasteiger partial charge in [-0.15, -0.1) is 5.10 Å². The molecule has 1 aromatic carbocycles. The van der Waals surface area contributed by atoms with E-state index in [1.807, 2.05) is 43.3 Å². The Morgan fingerprint density at radius 2 is 1.95 bits per heavy atom. The molecule has 5 nitrogen and oxygen atoms in total. The highest BCUT2D eigenvalue weighted by Crippen LogP contribution is 2.24. The molecule has 0 bridgehead atoms. The second-order valence-electron chi connectivity index (χ2n) is 4.09. The van der Waals surface area contributed by atoms with E-state index < -0.39 is 0 Å². The number of pyridine rings is 1. The SMILES string of the molecule is Cc1ccccc1-c1nnc(Nc2cccnc2)o1. The van der Waals surface area contributed by atoms with E-state index >= 15 is 0 Å². The zero-order chi connectivity index (χ0) is 13.1. The van der Waals surface area contributed by atoms with E-state index in [1.165, 1.54) is 0 Å². The molecule has 1 N–H and O–H groups in total. The first kappa shape index (κ1) is 11.4. The highest BCUT2D eigenvalue weighted by molar-refractivity contribution is 5.59. The minimum Gasteiger partial charge on any atom is -0.403 e. The van der Waals surface area contributed by atoms with Crippen LogP contribution in [0.5, 0.6) is 0 Å². The van der Waals surface area contributed by atoms with Crippen molar-refractivity contribution in [2.75, 3.05) is 5.32 Å². The molecule has 0 saturated carbocycles. The van der Waals surface area contributed by atoms with E-state index in [1.54, 1.807) is 12.4 Å². The number of rotatable bonds is 3. The fraction of sp³-hybridized carbons (Fsp3) is 0.0714. The Kier molecular flexibility index (Phi) is 2.94. The molecule has 2 aromatic heterocycles. The molecule has 0 aliphatic carbocycles. The second-order valence-corrected chi connectivity index (χ2v) is 4.09. The first-order valence-corrected chi connectivity index (χ1v) is 5.89. The van der Waals surface area contributed by atoms with Crippen LogP contribution in [0.2, 0.25) is 0 Å². The Morgan fingerprint density at radius 3 is 2.74 bits per heavy atom. The Balaban J connectivity index is 1.86. The van der Waals surface area contributed by atoms with E-state index in [-0.39, 0.29) is 0 Å². The molecule has 0 aliphatic heterocycles. The van der Waals surface area contributed by atoms with Crippen LogP contribution >= 0.6 is 0 Å². The van der Waals surface area contributed by atoms with Gasteiger partial charge in [0.2, 0.25) is 5.89 Å². The van der Waals surface area contributed by atoms with Crippen LogP contribution < -0.4 is 5.32 Å². The first-order valence-electron chi connectivity index (χ1n) is 5.89. The topological polar surface area (TPSA) is 63.8 Å². The summed E-state index contributed by atoms with van der Waals surface area (Å²) < 4.78 is 5.59. The van der Waals surface area contributed by atoms with Crippen molar-refractivity contribution in [2.45, 2.75) is 6.92 Å². The fourth-order valence-electron chi connectivity index (χ4n) is 1.76. The van der Waals surface area contributed by atoms with Gasteiger partial charge in [-0.1, -0.05) is 23.3 Å². The van der Waals surface area contributed by atoms with E-state index in [9.17, 15) is 0 Å². The third-order valence-corrected chi connectivity index (χ3v) is 2.71. The predicted octanol–water partition coefficient (Wildman–Crippen LogP) is 3.18. The van der Waals surface area contributed by atoms with Crippen molar-refractivity contribution in [3.05, 3.63) is 54.4 Å². The van der Waals surface area contributed by atoms with E-state index in [0.717, 1.165) is 16.8 Å². The summed E-state index contributed by atoms with van der Waals surface area (Å²) >= 11 is 0. The van der Waals surface area contributed by atoms with Crippen molar-refractivity contribution < 1.29 is 4.42 Å². The Morgan fingerprint density at radius 1 is 1.05 bits per heavy atom. The second kappa shape index (κ2) is 4.89. The molecule has 0 unspecified atom stereocenters. The van der Waals surface area contributed by atoms with Crippen molar-refractivity contribution in [2.24, 2.45) is 0 Å². The summed E-state index contributed by atoms with van der Waals surface area (Å²) in [6.07, 6.45) is 3.40. The van der Waals surface area contributed by atoms with Crippen LogP contribution in [0.15, 0.2) is 53.2 Å². The van der Waals surface area contributed by atoms with Crippen LogP contribution in [0.3, 0.4) is 0 Å². The minimum atomic E-state index is 0.353. The van der Waals surface area contributed by atoms with Crippen molar-refractivity contribution in [3.8, 4) is 11.5 Å². The van der Waals surface area contributed by atoms with Crippen LogP contribution in [-0.2, 0) is 0 Å². The predicted molar refractivity (Wildman–Crippen MR) is 72.0 cm³/mol. The molecular weight excluding hydrogens is 240 g/mol. The van der Waals surface area contributed by atoms with E-state index in [0.29, 0.717) is 11.9 Å². The summed E-state index contributed by atoms with van der Waals surface area (Å²) in [5.74, 6) is 0.504. The lowest BCUT2D eigenvalue weighted by molar-refractivity contribution is 0.587. The molecule has 3 aromatic rings. The molecule has 0 fully saturated rings. The van der Waals surface area contributed by atoms with E-state index in [4.69, 9.17) is 4.42 Å². The molecule has 94 valence electrons. The number of benzene rings is 1. The average molecular weight is 252 g/mol. The van der Waals surface area contributed by atoms with Gasteiger partial charge in [-0.3, -0.25) is 4.98 Å². The maximum Gasteiger partial charge on any atom is 0.320 e. The number of hydrogen-bond donors (Lipinski definition) is 1. The van der Waals surface area contributed by atoms with E-state index in [2.05, 4.69) is 20.5 Å².